The molecule has 0 aliphatic carbocycles. The van der Waals surface area contributed by atoms with Crippen LogP contribution >= 0.6 is 0 Å². The van der Waals surface area contributed by atoms with Crippen LogP contribution in [0.4, 0.5) is 0 Å². The van der Waals surface area contributed by atoms with Gasteiger partial charge in [0.2, 0.25) is 0 Å². The van der Waals surface area contributed by atoms with Crippen molar-refractivity contribution in [3.05, 3.63) is 35.4 Å². The summed E-state index contributed by atoms with van der Waals surface area (Å²) in [6.45, 7) is 1.68. The number of hydrogen-bond donors (Lipinski definition) is 2. The summed E-state index contributed by atoms with van der Waals surface area (Å²) in [7, 11) is -0.516. The highest BCUT2D eigenvalue weighted by atomic mass is 32.2. The largest absolute Gasteiger partial charge is 0.478 e. The average molecular weight is 284 g/mol. The molecule has 7 heteroatoms. The van der Waals surface area contributed by atoms with Gasteiger partial charge in [-0.15, -0.1) is 4.83 Å². The maximum Gasteiger partial charge on any atom is 0.328 e. The molecule has 0 bridgehead atoms. The van der Waals surface area contributed by atoms with Crippen LogP contribution in [0.3, 0.4) is 0 Å². The van der Waals surface area contributed by atoms with Gasteiger partial charge >= 0.3 is 5.97 Å². The Morgan fingerprint density at radius 2 is 2.00 bits per heavy atom. The molecule has 1 aromatic carbocycles. The van der Waals surface area contributed by atoms with Gasteiger partial charge in [0.05, 0.1) is 4.90 Å². The molecule has 0 spiro atoms. The molecule has 0 heterocycles. The highest BCUT2D eigenvalue weighted by Gasteiger charge is 2.17. The number of carbonyl (C=O) groups is 1. The van der Waals surface area contributed by atoms with E-state index in [1.807, 2.05) is 0 Å². The summed E-state index contributed by atoms with van der Waals surface area (Å²) in [5.74, 6) is -1.09. The van der Waals surface area contributed by atoms with Crippen molar-refractivity contribution in [1.82, 2.24) is 9.84 Å². The number of hydrazine groups is 1. The van der Waals surface area contributed by atoms with Gasteiger partial charge in [0, 0.05) is 20.2 Å². The van der Waals surface area contributed by atoms with E-state index in [9.17, 15) is 13.2 Å². The summed E-state index contributed by atoms with van der Waals surface area (Å²) in [6.07, 6.45) is 2.30. The molecular weight excluding hydrogens is 268 g/mol. The zero-order valence-corrected chi connectivity index (χ0v) is 11.7. The lowest BCUT2D eigenvalue weighted by molar-refractivity contribution is -0.131. The van der Waals surface area contributed by atoms with E-state index in [0.29, 0.717) is 11.1 Å². The fourth-order valence-corrected chi connectivity index (χ4v) is 2.83. The summed E-state index contributed by atoms with van der Waals surface area (Å²) in [6, 6.07) is 4.72. The molecule has 0 saturated carbocycles. The SMILES string of the molecule is Cc1ccc(/C=C/C(=O)O)cc1S(=O)(=O)NN(C)C. The minimum atomic E-state index is -3.66. The fourth-order valence-electron chi connectivity index (χ4n) is 1.47. The first-order valence-corrected chi connectivity index (χ1v) is 6.92. The predicted octanol–water partition coefficient (Wildman–Crippen LogP) is 0.848. The zero-order valence-electron chi connectivity index (χ0n) is 10.9. The first-order valence-electron chi connectivity index (χ1n) is 5.44. The summed E-state index contributed by atoms with van der Waals surface area (Å²) in [4.78, 5) is 12.9. The number of hydrogen-bond acceptors (Lipinski definition) is 4. The minimum Gasteiger partial charge on any atom is -0.478 e. The quantitative estimate of drug-likeness (QED) is 0.618. The fraction of sp³-hybridized carbons (Fsp3) is 0.250. The average Bonchev–Trinajstić information content (AvgIpc) is 2.25. The molecular formula is C12H16N2O4S. The Labute approximate surface area is 112 Å². The van der Waals surface area contributed by atoms with E-state index in [2.05, 4.69) is 4.83 Å². The Morgan fingerprint density at radius 1 is 1.37 bits per heavy atom. The molecule has 0 aliphatic rings. The Morgan fingerprint density at radius 3 is 2.53 bits per heavy atom. The molecule has 6 nitrogen and oxygen atoms in total. The zero-order chi connectivity index (χ0) is 14.6. The summed E-state index contributed by atoms with van der Waals surface area (Å²) >= 11 is 0. The van der Waals surface area contributed by atoms with Crippen molar-refractivity contribution >= 4 is 22.1 Å². The maximum atomic E-state index is 12.1. The van der Waals surface area contributed by atoms with Gasteiger partial charge in [0.15, 0.2) is 0 Å². The lowest BCUT2D eigenvalue weighted by Gasteiger charge is -2.14. The number of rotatable bonds is 5. The molecule has 0 atom stereocenters. The van der Waals surface area contributed by atoms with Crippen molar-refractivity contribution in [2.75, 3.05) is 14.1 Å². The molecule has 0 aliphatic heterocycles. The smallest absolute Gasteiger partial charge is 0.328 e. The Balaban J connectivity index is 3.21. The number of carboxylic acid groups (broad SMARTS) is 1. The van der Waals surface area contributed by atoms with Crippen LogP contribution in [0.15, 0.2) is 29.2 Å². The van der Waals surface area contributed by atoms with E-state index in [0.717, 1.165) is 6.08 Å². The second-order valence-corrected chi connectivity index (χ2v) is 5.81. The van der Waals surface area contributed by atoms with E-state index in [1.54, 1.807) is 33.2 Å². The lowest BCUT2D eigenvalue weighted by atomic mass is 10.1. The molecule has 0 aromatic heterocycles. The van der Waals surface area contributed by atoms with Crippen LogP contribution in [0.2, 0.25) is 0 Å². The van der Waals surface area contributed by atoms with Crippen LogP contribution in [-0.4, -0.2) is 38.6 Å². The number of aryl methyl sites for hydroxylation is 1. The van der Waals surface area contributed by atoms with Gasteiger partial charge in [0.25, 0.3) is 10.0 Å². The summed E-state index contributed by atoms with van der Waals surface area (Å²) in [5, 5.41) is 9.88. The minimum absolute atomic E-state index is 0.119. The van der Waals surface area contributed by atoms with Crippen LogP contribution in [0, 0.1) is 6.92 Å². The molecule has 1 rings (SSSR count). The van der Waals surface area contributed by atoms with Crippen LogP contribution in [0.25, 0.3) is 6.08 Å². The van der Waals surface area contributed by atoms with Gasteiger partial charge < -0.3 is 5.11 Å². The van der Waals surface area contributed by atoms with E-state index in [-0.39, 0.29) is 4.90 Å². The summed E-state index contributed by atoms with van der Waals surface area (Å²) in [5.41, 5.74) is 1.09. The third-order valence-electron chi connectivity index (χ3n) is 2.22. The third kappa shape index (κ3) is 4.47. The van der Waals surface area contributed by atoms with Crippen molar-refractivity contribution in [3.8, 4) is 0 Å². The first-order chi connectivity index (χ1) is 8.72. The number of carboxylic acids is 1. The van der Waals surface area contributed by atoms with E-state index in [4.69, 9.17) is 5.11 Å². The van der Waals surface area contributed by atoms with Crippen molar-refractivity contribution in [1.29, 1.82) is 0 Å². The van der Waals surface area contributed by atoms with E-state index < -0.39 is 16.0 Å². The van der Waals surface area contributed by atoms with Crippen molar-refractivity contribution in [3.63, 3.8) is 0 Å². The van der Waals surface area contributed by atoms with Gasteiger partial charge in [0.1, 0.15) is 0 Å². The third-order valence-corrected chi connectivity index (χ3v) is 3.85. The second kappa shape index (κ2) is 5.96. The van der Waals surface area contributed by atoms with E-state index in [1.165, 1.54) is 17.2 Å². The van der Waals surface area contributed by atoms with Gasteiger partial charge in [-0.2, -0.15) is 0 Å². The van der Waals surface area contributed by atoms with Crippen LogP contribution in [-0.2, 0) is 14.8 Å². The Kier molecular flexibility index (Phi) is 4.82. The molecule has 2 N–H and O–H groups in total. The van der Waals surface area contributed by atoms with E-state index >= 15 is 0 Å². The second-order valence-electron chi connectivity index (χ2n) is 4.19. The van der Waals surface area contributed by atoms with Gasteiger partial charge in [-0.1, -0.05) is 12.1 Å². The predicted molar refractivity (Wildman–Crippen MR) is 71.9 cm³/mol. The molecule has 1 aromatic rings. The van der Waals surface area contributed by atoms with Crippen molar-refractivity contribution in [2.24, 2.45) is 0 Å². The number of benzene rings is 1. The number of aliphatic carboxylic acids is 1. The first kappa shape index (κ1) is 15.4. The molecule has 0 fully saturated rings. The molecule has 19 heavy (non-hydrogen) atoms. The number of nitrogens with zero attached hydrogens (tertiary/aromatic N) is 1. The van der Waals surface area contributed by atoms with Crippen LogP contribution in [0.1, 0.15) is 11.1 Å². The summed E-state index contributed by atoms with van der Waals surface area (Å²) < 4.78 is 24.1. The monoisotopic (exact) mass is 284 g/mol. The molecule has 0 saturated heterocycles. The topological polar surface area (TPSA) is 86.7 Å². The Bertz CT molecular complexity index is 606. The van der Waals surface area contributed by atoms with Crippen LogP contribution in [0.5, 0.6) is 0 Å². The molecule has 0 amide bonds. The van der Waals surface area contributed by atoms with Crippen molar-refractivity contribution < 1.29 is 18.3 Å². The van der Waals surface area contributed by atoms with Gasteiger partial charge in [-0.05, 0) is 30.2 Å². The number of nitrogens with one attached hydrogen (secondary N) is 1. The standard InChI is InChI=1S/C12H16N2O4S/c1-9-4-5-10(6-7-12(15)16)8-11(9)19(17,18)13-14(2)3/h4-8,13H,1-3H3,(H,15,16)/b7-6+. The number of sulfonamides is 1. The van der Waals surface area contributed by atoms with Crippen molar-refractivity contribution in [2.45, 2.75) is 11.8 Å². The molecule has 0 radical (unpaired) electrons. The van der Waals surface area contributed by atoms with Crippen LogP contribution < -0.4 is 4.83 Å². The lowest BCUT2D eigenvalue weighted by Crippen LogP contribution is -2.36. The molecule has 0 unspecified atom stereocenters. The highest BCUT2D eigenvalue weighted by Crippen LogP contribution is 2.18. The normalized spacial score (nSPS) is 12.2. The van der Waals surface area contributed by atoms with Gasteiger partial charge in [-0.25, -0.2) is 18.2 Å². The maximum absolute atomic E-state index is 12.1. The van der Waals surface area contributed by atoms with Gasteiger partial charge in [-0.3, -0.25) is 0 Å². The highest BCUT2D eigenvalue weighted by molar-refractivity contribution is 7.89. The molecule has 104 valence electrons. The Hall–Kier alpha value is -1.70.